The average molecular weight is 403 g/mol. The Morgan fingerprint density at radius 3 is 2.21 bits per heavy atom. The summed E-state index contributed by atoms with van der Waals surface area (Å²) < 4.78 is 7.65. The molecule has 1 saturated heterocycles. The maximum Gasteiger partial charge on any atom is 0.292 e. The third kappa shape index (κ3) is 2.84. The maximum atomic E-state index is 13.0. The predicted octanol–water partition coefficient (Wildman–Crippen LogP) is 0.515. The first-order valence-corrected chi connectivity index (χ1v) is 10.7. The third-order valence-corrected chi connectivity index (χ3v) is 6.33. The maximum absolute atomic E-state index is 13.0. The van der Waals surface area contributed by atoms with E-state index in [4.69, 9.17) is 5.73 Å². The summed E-state index contributed by atoms with van der Waals surface area (Å²) in [5, 5.41) is 6.79. The van der Waals surface area contributed by atoms with E-state index in [0.29, 0.717) is 24.6 Å². The molecule has 1 unspecified atom stereocenters. The Labute approximate surface area is 168 Å². The van der Waals surface area contributed by atoms with Crippen LogP contribution in [0.3, 0.4) is 0 Å². The number of nitrogens with two attached hydrogens (primary N) is 1. The fourth-order valence-electron chi connectivity index (χ4n) is 4.93. The Kier molecular flexibility index (Phi) is 4.36. The van der Waals surface area contributed by atoms with Gasteiger partial charge in [-0.3, -0.25) is 19.0 Å². The van der Waals surface area contributed by atoms with Gasteiger partial charge < -0.3 is 21.3 Å². The lowest BCUT2D eigenvalue weighted by atomic mass is 10.3. The Hall–Kier alpha value is -2.78. The molecule has 2 aromatic heterocycles. The van der Waals surface area contributed by atoms with Gasteiger partial charge in [-0.15, -0.1) is 0 Å². The first kappa shape index (κ1) is 18.3. The molecule has 10 nitrogen and oxygen atoms in total. The SMILES string of the molecule is CC(CNc1c(N2CCCC2)n2n(c1=O)CCC2)Nc1c(N)c(=O)n2n1CCC2. The van der Waals surface area contributed by atoms with E-state index in [9.17, 15) is 9.59 Å². The van der Waals surface area contributed by atoms with Gasteiger partial charge in [-0.2, -0.15) is 0 Å². The zero-order valence-electron chi connectivity index (χ0n) is 17.0. The van der Waals surface area contributed by atoms with Crippen molar-refractivity contribution in [3.8, 4) is 0 Å². The third-order valence-electron chi connectivity index (χ3n) is 6.33. The van der Waals surface area contributed by atoms with Crippen molar-refractivity contribution in [2.45, 2.75) is 64.8 Å². The molecule has 0 bridgehead atoms. The molecule has 0 radical (unpaired) electrons. The summed E-state index contributed by atoms with van der Waals surface area (Å²) in [5.74, 6) is 1.73. The molecule has 0 aromatic carbocycles. The molecule has 3 aliphatic heterocycles. The zero-order chi connectivity index (χ0) is 20.1. The van der Waals surface area contributed by atoms with Crippen LogP contribution in [0.2, 0.25) is 0 Å². The number of hydrogen-bond acceptors (Lipinski definition) is 6. The summed E-state index contributed by atoms with van der Waals surface area (Å²) in [6.45, 7) is 7.79. The molecule has 4 N–H and O–H groups in total. The van der Waals surface area contributed by atoms with Crippen molar-refractivity contribution in [1.82, 2.24) is 18.7 Å². The molecule has 10 heteroatoms. The summed E-state index contributed by atoms with van der Waals surface area (Å²) in [5.41, 5.74) is 6.97. The lowest BCUT2D eigenvalue weighted by Gasteiger charge is -2.22. The monoisotopic (exact) mass is 402 g/mol. The molecule has 5 rings (SSSR count). The van der Waals surface area contributed by atoms with Gasteiger partial charge in [0.05, 0.1) is 0 Å². The number of nitrogen functional groups attached to an aromatic ring is 1. The molecule has 0 aliphatic carbocycles. The minimum absolute atomic E-state index is 0.00229. The van der Waals surface area contributed by atoms with E-state index in [1.165, 1.54) is 12.8 Å². The van der Waals surface area contributed by atoms with Gasteiger partial charge >= 0.3 is 0 Å². The van der Waals surface area contributed by atoms with E-state index in [1.54, 1.807) is 4.68 Å². The molecular formula is C19H30N8O2. The average Bonchev–Trinajstić information content (AvgIpc) is 3.50. The highest BCUT2D eigenvalue weighted by atomic mass is 16.1. The van der Waals surface area contributed by atoms with Crippen LogP contribution in [-0.4, -0.2) is 44.4 Å². The molecule has 0 spiro atoms. The molecule has 1 atom stereocenters. The molecule has 158 valence electrons. The van der Waals surface area contributed by atoms with Gasteiger partial charge in [0.25, 0.3) is 11.1 Å². The van der Waals surface area contributed by atoms with Crippen LogP contribution in [0.25, 0.3) is 0 Å². The Balaban J connectivity index is 1.35. The molecule has 1 fully saturated rings. The van der Waals surface area contributed by atoms with Crippen LogP contribution in [0.5, 0.6) is 0 Å². The van der Waals surface area contributed by atoms with E-state index in [1.807, 2.05) is 16.3 Å². The van der Waals surface area contributed by atoms with Crippen molar-refractivity contribution in [2.75, 3.05) is 40.9 Å². The first-order valence-electron chi connectivity index (χ1n) is 10.7. The van der Waals surface area contributed by atoms with Gasteiger partial charge in [0.1, 0.15) is 11.4 Å². The molecule has 29 heavy (non-hydrogen) atoms. The van der Waals surface area contributed by atoms with Crippen LogP contribution in [0, 0.1) is 0 Å². The van der Waals surface area contributed by atoms with Gasteiger partial charge in [-0.25, -0.2) is 9.36 Å². The van der Waals surface area contributed by atoms with Gasteiger partial charge in [0.2, 0.25) is 0 Å². The topological polar surface area (TPSA) is 107 Å². The molecule has 5 heterocycles. The second-order valence-electron chi connectivity index (χ2n) is 8.39. The number of rotatable bonds is 6. The fraction of sp³-hybridized carbons (Fsp3) is 0.684. The van der Waals surface area contributed by atoms with E-state index >= 15 is 0 Å². The van der Waals surface area contributed by atoms with E-state index in [-0.39, 0.29) is 22.8 Å². The molecular weight excluding hydrogens is 372 g/mol. The zero-order valence-corrected chi connectivity index (χ0v) is 17.0. The molecule has 3 aliphatic rings. The number of aromatic nitrogens is 4. The van der Waals surface area contributed by atoms with E-state index in [0.717, 1.165) is 51.4 Å². The standard InChI is InChI=1S/C19H30N8O2/c1-13(22-16-14(20)18(28)26-10-4-8-24(16)26)12-21-15-17(23-6-2-3-7-23)25-9-5-11-27(25)19(15)29/h13,21-22H,2-12,20H2,1H3. The van der Waals surface area contributed by atoms with Crippen LogP contribution in [0.4, 0.5) is 23.0 Å². The van der Waals surface area contributed by atoms with Crippen molar-refractivity contribution in [3.05, 3.63) is 20.7 Å². The number of hydrogen-bond donors (Lipinski definition) is 3. The highest BCUT2D eigenvalue weighted by Gasteiger charge is 2.29. The van der Waals surface area contributed by atoms with Crippen LogP contribution in [-0.2, 0) is 26.2 Å². The molecule has 0 saturated carbocycles. The minimum Gasteiger partial charge on any atom is -0.391 e. The second kappa shape index (κ2) is 6.93. The van der Waals surface area contributed by atoms with Crippen LogP contribution in [0.15, 0.2) is 9.59 Å². The summed E-state index contributed by atoms with van der Waals surface area (Å²) in [6.07, 6.45) is 4.31. The lowest BCUT2D eigenvalue weighted by Crippen LogP contribution is -2.29. The summed E-state index contributed by atoms with van der Waals surface area (Å²) in [7, 11) is 0. The van der Waals surface area contributed by atoms with Gasteiger partial charge in [0, 0.05) is 51.9 Å². The molecule has 0 amide bonds. The normalized spacial score (nSPS) is 18.9. The van der Waals surface area contributed by atoms with Crippen molar-refractivity contribution in [3.63, 3.8) is 0 Å². The lowest BCUT2D eigenvalue weighted by molar-refractivity contribution is 0.589. The van der Waals surface area contributed by atoms with Gasteiger partial charge in [0.15, 0.2) is 11.6 Å². The largest absolute Gasteiger partial charge is 0.391 e. The van der Waals surface area contributed by atoms with E-state index in [2.05, 4.69) is 20.2 Å². The van der Waals surface area contributed by atoms with Gasteiger partial charge in [-0.1, -0.05) is 0 Å². The fourth-order valence-corrected chi connectivity index (χ4v) is 4.93. The number of anilines is 4. The Morgan fingerprint density at radius 2 is 1.48 bits per heavy atom. The quantitative estimate of drug-likeness (QED) is 0.650. The van der Waals surface area contributed by atoms with Crippen molar-refractivity contribution >= 4 is 23.0 Å². The second-order valence-corrected chi connectivity index (χ2v) is 8.39. The van der Waals surface area contributed by atoms with Crippen molar-refractivity contribution in [2.24, 2.45) is 0 Å². The highest BCUT2D eigenvalue weighted by Crippen LogP contribution is 2.30. The Bertz CT molecular complexity index is 1040. The first-order chi connectivity index (χ1) is 14.1. The summed E-state index contributed by atoms with van der Waals surface area (Å²) >= 11 is 0. The van der Waals surface area contributed by atoms with Crippen LogP contribution < -0.4 is 32.4 Å². The van der Waals surface area contributed by atoms with Crippen LogP contribution >= 0.6 is 0 Å². The molecule has 2 aromatic rings. The summed E-state index contributed by atoms with van der Waals surface area (Å²) in [6, 6.07) is 0.00229. The Morgan fingerprint density at radius 1 is 0.862 bits per heavy atom. The van der Waals surface area contributed by atoms with Crippen LogP contribution in [0.1, 0.15) is 32.6 Å². The minimum atomic E-state index is -0.122. The summed E-state index contributed by atoms with van der Waals surface area (Å²) in [4.78, 5) is 27.6. The predicted molar refractivity (Wildman–Crippen MR) is 114 cm³/mol. The van der Waals surface area contributed by atoms with E-state index < -0.39 is 0 Å². The van der Waals surface area contributed by atoms with Crippen molar-refractivity contribution in [1.29, 1.82) is 0 Å². The van der Waals surface area contributed by atoms with Crippen molar-refractivity contribution < 1.29 is 0 Å². The number of nitrogens with one attached hydrogen (secondary N) is 2. The van der Waals surface area contributed by atoms with Gasteiger partial charge in [-0.05, 0) is 32.6 Å². The number of nitrogens with zero attached hydrogens (tertiary/aromatic N) is 5. The highest BCUT2D eigenvalue weighted by molar-refractivity contribution is 5.67. The smallest absolute Gasteiger partial charge is 0.292 e. The number of fused-ring (bicyclic) bond motifs is 2.